The van der Waals surface area contributed by atoms with E-state index < -0.39 is 12.1 Å². The van der Waals surface area contributed by atoms with Gasteiger partial charge >= 0.3 is 5.97 Å². The van der Waals surface area contributed by atoms with Crippen molar-refractivity contribution in [2.24, 2.45) is 0 Å². The molecule has 2 aliphatic rings. The fraction of sp³-hybridized carbons (Fsp3) is 0.333. The third-order valence-corrected chi connectivity index (χ3v) is 5.39. The molecule has 0 radical (unpaired) electrons. The predicted octanol–water partition coefficient (Wildman–Crippen LogP) is 2.11. The molecule has 0 saturated carbocycles. The Kier molecular flexibility index (Phi) is 4.52. The first-order chi connectivity index (χ1) is 12.6. The van der Waals surface area contributed by atoms with Gasteiger partial charge in [0.1, 0.15) is 13.2 Å². The number of hydrogen-bond acceptors (Lipinski definition) is 6. The number of carboxylic acid groups (broad SMARTS) is 1. The second-order valence-corrected chi connectivity index (χ2v) is 7.05. The van der Waals surface area contributed by atoms with Crippen LogP contribution < -0.4 is 9.47 Å². The van der Waals surface area contributed by atoms with Crippen LogP contribution in [0.2, 0.25) is 0 Å². The molecule has 1 amide bonds. The molecule has 0 spiro atoms. The number of morpholine rings is 1. The number of aliphatic carboxylic acids is 1. The number of carbonyl (C=O) groups excluding carboxylic acids is 1. The molecule has 7 nitrogen and oxygen atoms in total. The molecule has 1 aromatic carbocycles. The first kappa shape index (κ1) is 16.9. The number of benzene rings is 1. The highest BCUT2D eigenvalue weighted by Gasteiger charge is 2.30. The van der Waals surface area contributed by atoms with Crippen LogP contribution in [0, 0.1) is 0 Å². The summed E-state index contributed by atoms with van der Waals surface area (Å²) in [5.41, 5.74) is 0.948. The highest BCUT2D eigenvalue weighted by Crippen LogP contribution is 2.37. The van der Waals surface area contributed by atoms with Gasteiger partial charge in [0.05, 0.1) is 18.0 Å². The van der Waals surface area contributed by atoms with Gasteiger partial charge in [-0.05, 0) is 35.9 Å². The van der Waals surface area contributed by atoms with Crippen LogP contribution in [0.3, 0.4) is 0 Å². The molecule has 0 aliphatic carbocycles. The molecule has 2 aliphatic heterocycles. The molecular weight excluding hydrogens is 358 g/mol. The molecule has 1 N–H and O–H groups in total. The lowest BCUT2D eigenvalue weighted by Gasteiger charge is -2.30. The minimum atomic E-state index is -1.05. The second kappa shape index (κ2) is 6.97. The van der Waals surface area contributed by atoms with Gasteiger partial charge in [-0.25, -0.2) is 4.79 Å². The molecule has 4 rings (SSSR count). The fourth-order valence-electron chi connectivity index (χ4n) is 2.94. The van der Waals surface area contributed by atoms with E-state index >= 15 is 0 Å². The van der Waals surface area contributed by atoms with Gasteiger partial charge in [0.15, 0.2) is 17.6 Å². The van der Waals surface area contributed by atoms with Crippen LogP contribution in [-0.4, -0.2) is 60.9 Å². The summed E-state index contributed by atoms with van der Waals surface area (Å²) in [5.74, 6) is 0.201. The average molecular weight is 375 g/mol. The molecule has 3 heterocycles. The lowest BCUT2D eigenvalue weighted by molar-refractivity contribution is -0.154. The average Bonchev–Trinajstić information content (AvgIpc) is 3.17. The Morgan fingerprint density at radius 1 is 1.08 bits per heavy atom. The van der Waals surface area contributed by atoms with Crippen molar-refractivity contribution in [2.75, 3.05) is 32.9 Å². The van der Waals surface area contributed by atoms with Crippen molar-refractivity contribution in [1.82, 2.24) is 4.90 Å². The number of rotatable bonds is 3. The van der Waals surface area contributed by atoms with E-state index in [4.69, 9.17) is 19.3 Å². The number of fused-ring (bicyclic) bond motifs is 1. The zero-order valence-electron chi connectivity index (χ0n) is 13.8. The molecule has 1 saturated heterocycles. The summed E-state index contributed by atoms with van der Waals surface area (Å²) in [5, 5.41) is 9.08. The van der Waals surface area contributed by atoms with Gasteiger partial charge in [-0.15, -0.1) is 11.3 Å². The van der Waals surface area contributed by atoms with E-state index in [1.807, 2.05) is 24.3 Å². The first-order valence-corrected chi connectivity index (χ1v) is 9.07. The van der Waals surface area contributed by atoms with Gasteiger partial charge in [0.25, 0.3) is 5.91 Å². The zero-order valence-corrected chi connectivity index (χ0v) is 14.7. The zero-order chi connectivity index (χ0) is 18.1. The van der Waals surface area contributed by atoms with Gasteiger partial charge in [0, 0.05) is 11.4 Å². The quantitative estimate of drug-likeness (QED) is 0.884. The molecule has 0 unspecified atom stereocenters. The van der Waals surface area contributed by atoms with Crippen molar-refractivity contribution in [3.8, 4) is 21.9 Å². The molecular formula is C18H17NO6S. The minimum absolute atomic E-state index is 0.0609. The Bertz CT molecular complexity index is 848. The van der Waals surface area contributed by atoms with Crippen LogP contribution in [0.4, 0.5) is 0 Å². The number of thiophene rings is 1. The van der Waals surface area contributed by atoms with Gasteiger partial charge in [-0.1, -0.05) is 0 Å². The number of carboxylic acids is 1. The summed E-state index contributed by atoms with van der Waals surface area (Å²) >= 11 is 1.37. The number of hydrogen-bond donors (Lipinski definition) is 1. The number of carbonyl (C=O) groups is 2. The molecule has 136 valence electrons. The third-order valence-electron chi connectivity index (χ3n) is 4.27. The Hall–Kier alpha value is -2.58. The summed E-state index contributed by atoms with van der Waals surface area (Å²) in [4.78, 5) is 26.8. The molecule has 1 fully saturated rings. The van der Waals surface area contributed by atoms with E-state index in [2.05, 4.69) is 0 Å². The molecule has 0 bridgehead atoms. The Balaban J connectivity index is 1.52. The molecule has 1 aromatic heterocycles. The standard InChI is InChI=1S/C18H17NO6S/c20-17(19-5-6-23-14(10-19)18(21)22)16-4-3-15(26-16)11-1-2-12-13(9-11)25-8-7-24-12/h1-4,9,14H,5-8,10H2,(H,21,22)/t14-/m1/s1. The minimum Gasteiger partial charge on any atom is -0.486 e. The first-order valence-electron chi connectivity index (χ1n) is 8.25. The van der Waals surface area contributed by atoms with Crippen molar-refractivity contribution >= 4 is 23.2 Å². The van der Waals surface area contributed by atoms with E-state index in [-0.39, 0.29) is 19.1 Å². The number of ether oxygens (including phenoxy) is 3. The van der Waals surface area contributed by atoms with E-state index in [0.717, 1.165) is 16.2 Å². The second-order valence-electron chi connectivity index (χ2n) is 5.97. The number of nitrogens with zero attached hydrogens (tertiary/aromatic N) is 1. The van der Waals surface area contributed by atoms with Crippen molar-refractivity contribution in [2.45, 2.75) is 6.10 Å². The Morgan fingerprint density at radius 2 is 1.88 bits per heavy atom. The highest BCUT2D eigenvalue weighted by atomic mass is 32.1. The van der Waals surface area contributed by atoms with E-state index in [0.29, 0.717) is 30.4 Å². The number of amides is 1. The summed E-state index contributed by atoms with van der Waals surface area (Å²) in [6, 6.07) is 9.36. The maximum absolute atomic E-state index is 12.7. The van der Waals surface area contributed by atoms with Crippen LogP contribution in [0.25, 0.3) is 10.4 Å². The van der Waals surface area contributed by atoms with E-state index in [1.165, 1.54) is 16.2 Å². The van der Waals surface area contributed by atoms with Crippen molar-refractivity contribution < 1.29 is 28.9 Å². The van der Waals surface area contributed by atoms with Gasteiger partial charge in [0.2, 0.25) is 0 Å². The van der Waals surface area contributed by atoms with Gasteiger partial charge < -0.3 is 24.2 Å². The van der Waals surface area contributed by atoms with Crippen LogP contribution in [0.1, 0.15) is 9.67 Å². The highest BCUT2D eigenvalue weighted by molar-refractivity contribution is 7.17. The fourth-order valence-corrected chi connectivity index (χ4v) is 3.91. The van der Waals surface area contributed by atoms with Crippen LogP contribution in [0.15, 0.2) is 30.3 Å². The van der Waals surface area contributed by atoms with Crippen LogP contribution >= 0.6 is 11.3 Å². The van der Waals surface area contributed by atoms with Gasteiger partial charge in [-0.3, -0.25) is 4.79 Å². The SMILES string of the molecule is O=C(O)[C@H]1CN(C(=O)c2ccc(-c3ccc4c(c3)OCCO4)s2)CCO1. The third kappa shape index (κ3) is 3.25. The summed E-state index contributed by atoms with van der Waals surface area (Å²) < 4.78 is 16.3. The van der Waals surface area contributed by atoms with Crippen LogP contribution in [0.5, 0.6) is 11.5 Å². The molecule has 8 heteroatoms. The Labute approximate surface area is 153 Å². The molecule has 2 aromatic rings. The summed E-state index contributed by atoms with van der Waals surface area (Å²) in [6.07, 6.45) is -0.968. The summed E-state index contributed by atoms with van der Waals surface area (Å²) in [7, 11) is 0. The van der Waals surface area contributed by atoms with Crippen molar-refractivity contribution in [3.63, 3.8) is 0 Å². The van der Waals surface area contributed by atoms with Crippen molar-refractivity contribution in [3.05, 3.63) is 35.2 Å². The van der Waals surface area contributed by atoms with E-state index in [9.17, 15) is 9.59 Å². The monoisotopic (exact) mass is 375 g/mol. The topological polar surface area (TPSA) is 85.3 Å². The maximum Gasteiger partial charge on any atom is 0.334 e. The normalized spacial score (nSPS) is 19.2. The van der Waals surface area contributed by atoms with Gasteiger partial charge in [-0.2, -0.15) is 0 Å². The molecule has 1 atom stereocenters. The summed E-state index contributed by atoms with van der Waals surface area (Å²) in [6.45, 7) is 1.74. The van der Waals surface area contributed by atoms with Crippen molar-refractivity contribution in [1.29, 1.82) is 0 Å². The van der Waals surface area contributed by atoms with Crippen LogP contribution in [-0.2, 0) is 9.53 Å². The predicted molar refractivity (Wildman–Crippen MR) is 94.0 cm³/mol. The smallest absolute Gasteiger partial charge is 0.334 e. The lowest BCUT2D eigenvalue weighted by atomic mass is 10.1. The largest absolute Gasteiger partial charge is 0.486 e. The maximum atomic E-state index is 12.7. The Morgan fingerprint density at radius 3 is 2.69 bits per heavy atom. The van der Waals surface area contributed by atoms with E-state index in [1.54, 1.807) is 6.07 Å². The molecule has 26 heavy (non-hydrogen) atoms. The lowest BCUT2D eigenvalue weighted by Crippen LogP contribution is -2.48.